The largest absolute Gasteiger partial charge is 0.340 e. The molecule has 0 spiro atoms. The average molecular weight is 381 g/mol. The molecular weight excluding hydrogens is 360 g/mol. The molecule has 1 N–H and O–H groups in total. The summed E-state index contributed by atoms with van der Waals surface area (Å²) in [5.74, 6) is 0.151. The van der Waals surface area contributed by atoms with E-state index < -0.39 is 11.0 Å². The quantitative estimate of drug-likeness (QED) is 0.623. The molecule has 9 heteroatoms. The monoisotopic (exact) mass is 380 g/mol. The van der Waals surface area contributed by atoms with Crippen LogP contribution in [-0.2, 0) is 9.59 Å². The van der Waals surface area contributed by atoms with Crippen molar-refractivity contribution in [2.75, 3.05) is 31.5 Å². The Kier molecular flexibility index (Phi) is 5.43. The second-order valence-corrected chi connectivity index (χ2v) is 7.13. The van der Waals surface area contributed by atoms with Gasteiger partial charge in [-0.1, -0.05) is 11.6 Å². The van der Waals surface area contributed by atoms with Crippen molar-refractivity contribution < 1.29 is 14.5 Å². The van der Waals surface area contributed by atoms with Gasteiger partial charge in [-0.3, -0.25) is 24.6 Å². The Morgan fingerprint density at radius 3 is 2.50 bits per heavy atom. The van der Waals surface area contributed by atoms with E-state index in [1.807, 2.05) is 9.80 Å². The third-order valence-corrected chi connectivity index (χ3v) is 5.23. The van der Waals surface area contributed by atoms with Crippen LogP contribution in [0.3, 0.4) is 0 Å². The number of carbonyl (C=O) groups excluding carboxylic acids is 2. The first kappa shape index (κ1) is 18.6. The zero-order chi connectivity index (χ0) is 18.8. The molecule has 1 saturated heterocycles. The number of nitro benzene ring substituents is 1. The molecular formula is C17H21ClN4O4. The SMILES string of the molecule is C[C@@H](C(=O)Nc1cc([N+](=O)[O-])ccc1Cl)N1CCN(C(=O)C2CC2)CC1. The van der Waals surface area contributed by atoms with Gasteiger partial charge in [0, 0.05) is 44.2 Å². The van der Waals surface area contributed by atoms with E-state index in [0.29, 0.717) is 26.2 Å². The molecule has 2 aliphatic rings. The summed E-state index contributed by atoms with van der Waals surface area (Å²) < 4.78 is 0. The minimum Gasteiger partial charge on any atom is -0.340 e. The highest BCUT2D eigenvalue weighted by Gasteiger charge is 2.35. The summed E-state index contributed by atoms with van der Waals surface area (Å²) in [7, 11) is 0. The Hall–Kier alpha value is -2.19. The van der Waals surface area contributed by atoms with Gasteiger partial charge in [0.2, 0.25) is 11.8 Å². The van der Waals surface area contributed by atoms with Crippen LogP contribution in [0.2, 0.25) is 5.02 Å². The molecule has 8 nitrogen and oxygen atoms in total. The number of nitro groups is 1. The summed E-state index contributed by atoms with van der Waals surface area (Å²) in [6.07, 6.45) is 1.98. The summed E-state index contributed by atoms with van der Waals surface area (Å²) in [5.41, 5.74) is 0.0878. The van der Waals surface area contributed by atoms with Crippen molar-refractivity contribution in [3.8, 4) is 0 Å². The van der Waals surface area contributed by atoms with Crippen molar-refractivity contribution >= 4 is 34.8 Å². The summed E-state index contributed by atoms with van der Waals surface area (Å²) in [6.45, 7) is 4.25. The van der Waals surface area contributed by atoms with E-state index in [1.54, 1.807) is 6.92 Å². The number of nitrogens with zero attached hydrogens (tertiary/aromatic N) is 3. The van der Waals surface area contributed by atoms with Gasteiger partial charge < -0.3 is 10.2 Å². The number of hydrogen-bond acceptors (Lipinski definition) is 5. The molecule has 0 unspecified atom stereocenters. The first-order valence-electron chi connectivity index (χ1n) is 8.64. The fourth-order valence-corrected chi connectivity index (χ4v) is 3.21. The topological polar surface area (TPSA) is 95.8 Å². The molecule has 1 aromatic carbocycles. The molecule has 1 heterocycles. The molecule has 26 heavy (non-hydrogen) atoms. The summed E-state index contributed by atoms with van der Waals surface area (Å²) >= 11 is 6.03. The molecule has 2 amide bonds. The molecule has 1 atom stereocenters. The summed E-state index contributed by atoms with van der Waals surface area (Å²) in [4.78, 5) is 38.8. The number of rotatable bonds is 5. The average Bonchev–Trinajstić information content (AvgIpc) is 3.47. The Morgan fingerprint density at radius 1 is 1.27 bits per heavy atom. The number of piperazine rings is 1. The zero-order valence-electron chi connectivity index (χ0n) is 14.5. The maximum absolute atomic E-state index is 12.5. The maximum Gasteiger partial charge on any atom is 0.271 e. The molecule has 1 aliphatic heterocycles. The van der Waals surface area contributed by atoms with E-state index in [2.05, 4.69) is 5.32 Å². The molecule has 0 radical (unpaired) electrons. The van der Waals surface area contributed by atoms with Crippen molar-refractivity contribution in [3.05, 3.63) is 33.3 Å². The van der Waals surface area contributed by atoms with Crippen LogP contribution in [0.15, 0.2) is 18.2 Å². The van der Waals surface area contributed by atoms with Crippen molar-refractivity contribution in [2.45, 2.75) is 25.8 Å². The van der Waals surface area contributed by atoms with Crippen molar-refractivity contribution in [1.29, 1.82) is 0 Å². The van der Waals surface area contributed by atoms with Gasteiger partial charge in [0.15, 0.2) is 0 Å². The molecule has 140 valence electrons. The number of anilines is 1. The third-order valence-electron chi connectivity index (χ3n) is 4.90. The van der Waals surface area contributed by atoms with Crippen LogP contribution < -0.4 is 5.32 Å². The van der Waals surface area contributed by atoms with Gasteiger partial charge in [-0.25, -0.2) is 0 Å². The normalized spacial score (nSPS) is 19.1. The van der Waals surface area contributed by atoms with E-state index in [9.17, 15) is 19.7 Å². The molecule has 1 aromatic rings. The van der Waals surface area contributed by atoms with Crippen LogP contribution in [0.1, 0.15) is 19.8 Å². The second kappa shape index (κ2) is 7.59. The lowest BCUT2D eigenvalue weighted by Crippen LogP contribution is -2.54. The van der Waals surface area contributed by atoms with Crippen LogP contribution in [0.25, 0.3) is 0 Å². The zero-order valence-corrected chi connectivity index (χ0v) is 15.2. The van der Waals surface area contributed by atoms with E-state index in [1.165, 1.54) is 18.2 Å². The first-order chi connectivity index (χ1) is 12.4. The van der Waals surface area contributed by atoms with Gasteiger partial charge >= 0.3 is 0 Å². The molecule has 1 saturated carbocycles. The van der Waals surface area contributed by atoms with Gasteiger partial charge in [-0.15, -0.1) is 0 Å². The Balaban J connectivity index is 1.57. The van der Waals surface area contributed by atoms with Gasteiger partial charge in [0.25, 0.3) is 5.69 Å². The van der Waals surface area contributed by atoms with E-state index >= 15 is 0 Å². The highest BCUT2D eigenvalue weighted by atomic mass is 35.5. The second-order valence-electron chi connectivity index (χ2n) is 6.72. The predicted octanol–water partition coefficient (Wildman–Crippen LogP) is 2.13. The lowest BCUT2D eigenvalue weighted by atomic mass is 10.2. The predicted molar refractivity (Wildman–Crippen MR) is 97.1 cm³/mol. The van der Waals surface area contributed by atoms with E-state index in [4.69, 9.17) is 11.6 Å². The lowest BCUT2D eigenvalue weighted by molar-refractivity contribution is -0.384. The number of amides is 2. The van der Waals surface area contributed by atoms with Gasteiger partial charge in [-0.2, -0.15) is 0 Å². The van der Waals surface area contributed by atoms with Crippen molar-refractivity contribution in [3.63, 3.8) is 0 Å². The Labute approximate surface area is 156 Å². The van der Waals surface area contributed by atoms with Gasteiger partial charge in [0.1, 0.15) is 0 Å². The fourth-order valence-electron chi connectivity index (χ4n) is 3.04. The fraction of sp³-hybridized carbons (Fsp3) is 0.529. The highest BCUT2D eigenvalue weighted by molar-refractivity contribution is 6.33. The Bertz CT molecular complexity index is 729. The number of hydrogen-bond donors (Lipinski definition) is 1. The molecule has 1 aliphatic carbocycles. The number of non-ortho nitro benzene ring substituents is 1. The number of nitrogens with one attached hydrogen (secondary N) is 1. The van der Waals surface area contributed by atoms with Crippen LogP contribution in [-0.4, -0.2) is 58.8 Å². The van der Waals surface area contributed by atoms with Crippen LogP contribution in [0.5, 0.6) is 0 Å². The number of benzene rings is 1. The molecule has 2 fully saturated rings. The maximum atomic E-state index is 12.5. The highest BCUT2D eigenvalue weighted by Crippen LogP contribution is 2.31. The number of halogens is 1. The molecule has 0 bridgehead atoms. The minimum absolute atomic E-state index is 0.135. The molecule has 3 rings (SSSR count). The third kappa shape index (κ3) is 4.13. The number of carbonyl (C=O) groups is 2. The van der Waals surface area contributed by atoms with Gasteiger partial charge in [-0.05, 0) is 25.8 Å². The molecule has 0 aromatic heterocycles. The van der Waals surface area contributed by atoms with Crippen LogP contribution in [0, 0.1) is 16.0 Å². The van der Waals surface area contributed by atoms with Crippen molar-refractivity contribution in [1.82, 2.24) is 9.80 Å². The first-order valence-corrected chi connectivity index (χ1v) is 9.02. The van der Waals surface area contributed by atoms with Crippen LogP contribution >= 0.6 is 11.6 Å². The summed E-state index contributed by atoms with van der Waals surface area (Å²) in [5, 5.41) is 13.8. The minimum atomic E-state index is -0.536. The van der Waals surface area contributed by atoms with E-state index in [0.717, 1.165) is 12.8 Å². The Morgan fingerprint density at radius 2 is 1.92 bits per heavy atom. The van der Waals surface area contributed by atoms with Crippen molar-refractivity contribution in [2.24, 2.45) is 5.92 Å². The van der Waals surface area contributed by atoms with Gasteiger partial charge in [0.05, 0.1) is 21.7 Å². The van der Waals surface area contributed by atoms with Crippen LogP contribution in [0.4, 0.5) is 11.4 Å². The summed E-state index contributed by atoms with van der Waals surface area (Å²) in [6, 6.07) is 3.50. The van der Waals surface area contributed by atoms with E-state index in [-0.39, 0.29) is 34.1 Å². The lowest BCUT2D eigenvalue weighted by Gasteiger charge is -2.37. The smallest absolute Gasteiger partial charge is 0.271 e. The standard InChI is InChI=1S/C17H21ClN4O4/c1-11(20-6-8-21(9-7-20)17(24)12-2-3-12)16(23)19-15-10-13(22(25)26)4-5-14(15)18/h4-5,10-12H,2-3,6-9H2,1H3,(H,19,23)/t11-/m0/s1.